The van der Waals surface area contributed by atoms with Crippen molar-refractivity contribution in [3.8, 4) is 6.01 Å². The van der Waals surface area contributed by atoms with Gasteiger partial charge in [0.15, 0.2) is 0 Å². The maximum Gasteiger partial charge on any atom is 0.323 e. The lowest BCUT2D eigenvalue weighted by atomic mass is 10.5. The minimum absolute atomic E-state index is 0.238. The van der Waals surface area contributed by atoms with E-state index < -0.39 is 0 Å². The molecule has 2 aromatic rings. The third-order valence-electron chi connectivity index (χ3n) is 2.23. The average Bonchev–Trinajstić information content (AvgIpc) is 2.88. The molecule has 0 bridgehead atoms. The minimum atomic E-state index is 0.238. The summed E-state index contributed by atoms with van der Waals surface area (Å²) in [5, 5.41) is 3.08. The van der Waals surface area contributed by atoms with Gasteiger partial charge in [0.05, 0.1) is 17.5 Å². The van der Waals surface area contributed by atoms with Gasteiger partial charge < -0.3 is 10.1 Å². The standard InChI is InChI=1S/C11H15ClN6OS/c1-2-5-19-11-16-9(15-10(17-11)18-13)14-6-7-3-4-8(12)20-7/h3-4H,2,5-6,13H2,1H3,(H2,14,15,16,17,18). The number of anilines is 2. The molecule has 9 heteroatoms. The van der Waals surface area contributed by atoms with Crippen molar-refractivity contribution < 1.29 is 4.74 Å². The Kier molecular flexibility index (Phi) is 5.33. The number of nitrogens with zero attached hydrogens (tertiary/aromatic N) is 3. The predicted octanol–water partition coefficient (Wildman–Crippen LogP) is 2.27. The summed E-state index contributed by atoms with van der Waals surface area (Å²) in [6, 6.07) is 4.03. The number of nitrogens with one attached hydrogen (secondary N) is 2. The summed E-state index contributed by atoms with van der Waals surface area (Å²) < 4.78 is 6.12. The maximum atomic E-state index is 5.88. The molecule has 108 valence electrons. The smallest absolute Gasteiger partial charge is 0.323 e. The molecule has 4 N–H and O–H groups in total. The van der Waals surface area contributed by atoms with E-state index in [1.54, 1.807) is 0 Å². The largest absolute Gasteiger partial charge is 0.463 e. The fourth-order valence-corrected chi connectivity index (χ4v) is 2.40. The van der Waals surface area contributed by atoms with Gasteiger partial charge in [0.1, 0.15) is 0 Å². The van der Waals surface area contributed by atoms with Gasteiger partial charge in [-0.15, -0.1) is 11.3 Å². The Hall–Kier alpha value is -1.64. The molecule has 2 rings (SSSR count). The van der Waals surface area contributed by atoms with Crippen LogP contribution in [0, 0.1) is 0 Å². The zero-order chi connectivity index (χ0) is 14.4. The van der Waals surface area contributed by atoms with Crippen LogP contribution in [0.25, 0.3) is 0 Å². The number of rotatable bonds is 7. The Labute approximate surface area is 125 Å². The van der Waals surface area contributed by atoms with Gasteiger partial charge in [0.25, 0.3) is 0 Å². The lowest BCUT2D eigenvalue weighted by molar-refractivity contribution is 0.292. The van der Waals surface area contributed by atoms with Crippen molar-refractivity contribution in [3.05, 3.63) is 21.3 Å². The zero-order valence-corrected chi connectivity index (χ0v) is 12.5. The molecule has 20 heavy (non-hydrogen) atoms. The molecular formula is C11H15ClN6OS. The summed E-state index contributed by atoms with van der Waals surface area (Å²) in [6.07, 6.45) is 0.869. The van der Waals surface area contributed by atoms with Crippen LogP contribution in [0.4, 0.5) is 11.9 Å². The van der Waals surface area contributed by atoms with Crippen molar-refractivity contribution >= 4 is 34.8 Å². The van der Waals surface area contributed by atoms with Gasteiger partial charge in [0, 0.05) is 4.88 Å². The third kappa shape index (κ3) is 4.19. The minimum Gasteiger partial charge on any atom is -0.463 e. The second-order valence-corrected chi connectivity index (χ2v) is 5.62. The van der Waals surface area contributed by atoms with Crippen LogP contribution in [0.3, 0.4) is 0 Å². The molecule has 0 aromatic carbocycles. The molecule has 0 aliphatic carbocycles. The number of halogens is 1. The van der Waals surface area contributed by atoms with Crippen LogP contribution < -0.4 is 21.3 Å². The highest BCUT2D eigenvalue weighted by molar-refractivity contribution is 7.16. The van der Waals surface area contributed by atoms with E-state index in [0.29, 0.717) is 19.1 Å². The van der Waals surface area contributed by atoms with Crippen molar-refractivity contribution in [2.45, 2.75) is 19.9 Å². The van der Waals surface area contributed by atoms with E-state index >= 15 is 0 Å². The third-order valence-corrected chi connectivity index (χ3v) is 3.46. The second-order valence-electron chi connectivity index (χ2n) is 3.82. The van der Waals surface area contributed by atoms with Gasteiger partial charge in [0.2, 0.25) is 11.9 Å². The normalized spacial score (nSPS) is 10.3. The molecule has 0 spiro atoms. The molecule has 2 heterocycles. The van der Waals surface area contributed by atoms with E-state index in [1.807, 2.05) is 19.1 Å². The fraction of sp³-hybridized carbons (Fsp3) is 0.364. The quantitative estimate of drug-likeness (QED) is 0.532. The molecule has 0 aliphatic heterocycles. The summed E-state index contributed by atoms with van der Waals surface area (Å²) in [4.78, 5) is 13.4. The summed E-state index contributed by atoms with van der Waals surface area (Å²) in [5.41, 5.74) is 2.39. The molecule has 2 aromatic heterocycles. The highest BCUT2D eigenvalue weighted by Crippen LogP contribution is 2.22. The van der Waals surface area contributed by atoms with Crippen LogP contribution in [0.5, 0.6) is 6.01 Å². The summed E-state index contributed by atoms with van der Waals surface area (Å²) in [6.45, 7) is 3.11. The summed E-state index contributed by atoms with van der Waals surface area (Å²) in [5.74, 6) is 5.97. The van der Waals surface area contributed by atoms with Crippen LogP contribution in [0.15, 0.2) is 12.1 Å². The Bertz CT molecular complexity index is 564. The summed E-state index contributed by atoms with van der Waals surface area (Å²) >= 11 is 7.37. The second kappa shape index (κ2) is 7.22. The van der Waals surface area contributed by atoms with Gasteiger partial charge in [-0.25, -0.2) is 5.84 Å². The first-order valence-electron chi connectivity index (χ1n) is 6.05. The van der Waals surface area contributed by atoms with Crippen molar-refractivity contribution in [2.75, 3.05) is 17.3 Å². The number of thiophene rings is 1. The van der Waals surface area contributed by atoms with Crippen molar-refractivity contribution in [1.82, 2.24) is 15.0 Å². The fourth-order valence-electron chi connectivity index (χ4n) is 1.37. The lowest BCUT2D eigenvalue weighted by Crippen LogP contribution is -2.14. The van der Waals surface area contributed by atoms with E-state index in [1.165, 1.54) is 11.3 Å². The van der Waals surface area contributed by atoms with Gasteiger partial charge in [-0.05, 0) is 18.6 Å². The molecule has 0 fully saturated rings. The number of nitrogens with two attached hydrogens (primary N) is 1. The lowest BCUT2D eigenvalue weighted by Gasteiger charge is -2.08. The summed E-state index contributed by atoms with van der Waals surface area (Å²) in [7, 11) is 0. The van der Waals surface area contributed by atoms with E-state index in [9.17, 15) is 0 Å². The van der Waals surface area contributed by atoms with Crippen molar-refractivity contribution in [2.24, 2.45) is 5.84 Å². The number of aromatic nitrogens is 3. The molecule has 0 amide bonds. The van der Waals surface area contributed by atoms with E-state index in [0.717, 1.165) is 15.6 Å². The first-order valence-corrected chi connectivity index (χ1v) is 7.24. The topological polar surface area (TPSA) is 98.0 Å². The van der Waals surface area contributed by atoms with E-state index in [4.69, 9.17) is 22.2 Å². The van der Waals surface area contributed by atoms with Crippen LogP contribution in [-0.2, 0) is 6.54 Å². The monoisotopic (exact) mass is 314 g/mol. The highest BCUT2D eigenvalue weighted by atomic mass is 35.5. The van der Waals surface area contributed by atoms with Crippen molar-refractivity contribution in [3.63, 3.8) is 0 Å². The Morgan fingerprint density at radius 2 is 2.10 bits per heavy atom. The Balaban J connectivity index is 2.05. The number of ether oxygens (including phenoxy) is 1. The molecule has 0 saturated heterocycles. The number of nitrogen functional groups attached to an aromatic ring is 1. The van der Waals surface area contributed by atoms with Gasteiger partial charge >= 0.3 is 6.01 Å². The van der Waals surface area contributed by atoms with Gasteiger partial charge in [-0.1, -0.05) is 18.5 Å². The number of hydrazine groups is 1. The van der Waals surface area contributed by atoms with Crippen LogP contribution in [-0.4, -0.2) is 21.6 Å². The van der Waals surface area contributed by atoms with Crippen LogP contribution >= 0.6 is 22.9 Å². The SMILES string of the molecule is CCCOc1nc(NN)nc(NCc2ccc(Cl)s2)n1. The molecular weight excluding hydrogens is 300 g/mol. The number of hydrogen-bond acceptors (Lipinski definition) is 8. The molecule has 0 unspecified atom stereocenters. The first kappa shape index (κ1) is 14.8. The van der Waals surface area contributed by atoms with Crippen LogP contribution in [0.1, 0.15) is 18.2 Å². The average molecular weight is 315 g/mol. The molecule has 0 saturated carbocycles. The van der Waals surface area contributed by atoms with Crippen molar-refractivity contribution in [1.29, 1.82) is 0 Å². The van der Waals surface area contributed by atoms with Crippen LogP contribution in [0.2, 0.25) is 4.34 Å². The highest BCUT2D eigenvalue weighted by Gasteiger charge is 2.07. The molecule has 0 radical (unpaired) electrons. The van der Waals surface area contributed by atoms with E-state index in [-0.39, 0.29) is 12.0 Å². The number of hydrogen-bond donors (Lipinski definition) is 3. The zero-order valence-electron chi connectivity index (χ0n) is 10.9. The predicted molar refractivity (Wildman–Crippen MR) is 80.1 cm³/mol. The molecule has 7 nitrogen and oxygen atoms in total. The Morgan fingerprint density at radius 3 is 2.75 bits per heavy atom. The molecule has 0 atom stereocenters. The maximum absolute atomic E-state index is 5.88. The first-order chi connectivity index (χ1) is 9.71. The van der Waals surface area contributed by atoms with E-state index in [2.05, 4.69) is 25.7 Å². The van der Waals surface area contributed by atoms with Gasteiger partial charge in [-0.3, -0.25) is 5.43 Å². The molecule has 0 aliphatic rings. The Morgan fingerprint density at radius 1 is 1.30 bits per heavy atom. The van der Waals surface area contributed by atoms with Gasteiger partial charge in [-0.2, -0.15) is 15.0 Å².